The van der Waals surface area contributed by atoms with Crippen molar-refractivity contribution in [3.63, 3.8) is 0 Å². The Morgan fingerprint density at radius 1 is 1.64 bits per heavy atom. The quantitative estimate of drug-likeness (QED) is 0.735. The molecule has 2 aromatic heterocycles. The van der Waals surface area contributed by atoms with Gasteiger partial charge < -0.3 is 10.1 Å². The summed E-state index contributed by atoms with van der Waals surface area (Å²) in [5.41, 5.74) is 0.979. The molecule has 0 aliphatic rings. The van der Waals surface area contributed by atoms with Gasteiger partial charge in [-0.3, -0.25) is 0 Å². The van der Waals surface area contributed by atoms with Crippen molar-refractivity contribution in [2.24, 2.45) is 0 Å². The second kappa shape index (κ2) is 3.33. The molecule has 2 aromatic rings. The fourth-order valence-corrected chi connectivity index (χ4v) is 1.12. The van der Waals surface area contributed by atoms with E-state index in [1.54, 1.807) is 6.20 Å². The first-order valence-corrected chi connectivity index (χ1v) is 4.01. The maximum atomic E-state index is 10.5. The number of aromatic carboxylic acids is 1. The predicted octanol–water partition coefficient (Wildman–Crippen LogP) is 0.353. The molecule has 72 valence electrons. The number of nitrogens with zero attached hydrogens (tertiary/aromatic N) is 3. The third kappa shape index (κ3) is 1.63. The summed E-state index contributed by atoms with van der Waals surface area (Å²) in [5, 5.41) is 15.8. The molecule has 2 heterocycles. The molecule has 2 N–H and O–H groups in total. The maximum absolute atomic E-state index is 10.5. The minimum absolute atomic E-state index is 0.0412. The number of nitrogens with one attached hydrogen (secondary N) is 1. The summed E-state index contributed by atoms with van der Waals surface area (Å²) < 4.78 is 1.48. The van der Waals surface area contributed by atoms with E-state index in [-0.39, 0.29) is 5.69 Å². The van der Waals surface area contributed by atoms with Crippen LogP contribution in [0.1, 0.15) is 16.1 Å². The first-order valence-electron chi connectivity index (χ1n) is 4.01. The van der Waals surface area contributed by atoms with Crippen LogP contribution in [-0.4, -0.2) is 31.1 Å². The van der Waals surface area contributed by atoms with E-state index in [1.807, 2.05) is 12.3 Å². The molecule has 0 fully saturated rings. The van der Waals surface area contributed by atoms with Crippen molar-refractivity contribution in [2.45, 2.75) is 6.54 Å². The number of rotatable bonds is 3. The summed E-state index contributed by atoms with van der Waals surface area (Å²) in [4.78, 5) is 13.4. The average molecular weight is 192 g/mol. The first kappa shape index (κ1) is 8.49. The Labute approximate surface area is 79.2 Å². The molecular formula is C8H8N4O2. The van der Waals surface area contributed by atoms with Crippen molar-refractivity contribution in [1.29, 1.82) is 0 Å². The summed E-state index contributed by atoms with van der Waals surface area (Å²) >= 11 is 0. The molecule has 0 unspecified atom stereocenters. The molecular weight excluding hydrogens is 184 g/mol. The summed E-state index contributed by atoms with van der Waals surface area (Å²) in [6.07, 6.45) is 5.02. The van der Waals surface area contributed by atoms with Gasteiger partial charge in [0.15, 0.2) is 5.69 Å². The van der Waals surface area contributed by atoms with Gasteiger partial charge in [-0.1, -0.05) is 5.21 Å². The topological polar surface area (TPSA) is 83.8 Å². The van der Waals surface area contributed by atoms with Crippen molar-refractivity contribution < 1.29 is 9.90 Å². The monoisotopic (exact) mass is 192 g/mol. The highest BCUT2D eigenvalue weighted by atomic mass is 16.4. The van der Waals surface area contributed by atoms with Gasteiger partial charge >= 0.3 is 5.97 Å². The third-order valence-electron chi connectivity index (χ3n) is 1.76. The molecule has 0 amide bonds. The Morgan fingerprint density at radius 3 is 3.07 bits per heavy atom. The van der Waals surface area contributed by atoms with Gasteiger partial charge in [-0.2, -0.15) is 0 Å². The molecule has 0 spiro atoms. The van der Waals surface area contributed by atoms with Gasteiger partial charge in [0.1, 0.15) is 0 Å². The van der Waals surface area contributed by atoms with Crippen LogP contribution >= 0.6 is 0 Å². The van der Waals surface area contributed by atoms with Crippen molar-refractivity contribution in [2.75, 3.05) is 0 Å². The largest absolute Gasteiger partial charge is 0.476 e. The smallest absolute Gasteiger partial charge is 0.358 e. The zero-order valence-electron chi connectivity index (χ0n) is 7.21. The van der Waals surface area contributed by atoms with E-state index in [1.165, 1.54) is 10.9 Å². The van der Waals surface area contributed by atoms with Crippen LogP contribution in [0.25, 0.3) is 0 Å². The molecule has 0 aromatic carbocycles. The molecule has 0 atom stereocenters. The molecule has 0 saturated carbocycles. The van der Waals surface area contributed by atoms with Gasteiger partial charge in [0, 0.05) is 12.4 Å². The van der Waals surface area contributed by atoms with E-state index in [4.69, 9.17) is 5.11 Å². The summed E-state index contributed by atoms with van der Waals surface area (Å²) in [7, 11) is 0. The highest BCUT2D eigenvalue weighted by molar-refractivity contribution is 5.84. The van der Waals surface area contributed by atoms with Crippen LogP contribution in [0.15, 0.2) is 24.7 Å². The first-order chi connectivity index (χ1) is 6.75. The minimum Gasteiger partial charge on any atom is -0.476 e. The number of aromatic nitrogens is 4. The Balaban J connectivity index is 2.14. The molecule has 0 bridgehead atoms. The third-order valence-corrected chi connectivity index (χ3v) is 1.76. The van der Waals surface area contributed by atoms with Crippen LogP contribution in [0.4, 0.5) is 0 Å². The van der Waals surface area contributed by atoms with Gasteiger partial charge in [-0.05, 0) is 11.6 Å². The Morgan fingerprint density at radius 2 is 2.50 bits per heavy atom. The molecule has 6 nitrogen and oxygen atoms in total. The van der Waals surface area contributed by atoms with Crippen LogP contribution in [0, 0.1) is 0 Å². The van der Waals surface area contributed by atoms with E-state index in [9.17, 15) is 4.79 Å². The SMILES string of the molecule is O=C(O)c1cn(Cc2cc[nH]c2)nn1. The Hall–Kier alpha value is -2.11. The van der Waals surface area contributed by atoms with Gasteiger partial charge in [0.25, 0.3) is 0 Å². The lowest BCUT2D eigenvalue weighted by atomic mass is 10.3. The lowest BCUT2D eigenvalue weighted by molar-refractivity contribution is 0.0690. The lowest BCUT2D eigenvalue weighted by Gasteiger charge is -1.94. The zero-order chi connectivity index (χ0) is 9.97. The fourth-order valence-electron chi connectivity index (χ4n) is 1.12. The van der Waals surface area contributed by atoms with E-state index in [0.29, 0.717) is 6.54 Å². The molecule has 0 saturated heterocycles. The normalized spacial score (nSPS) is 10.3. The Bertz CT molecular complexity index is 432. The predicted molar refractivity (Wildman–Crippen MR) is 46.9 cm³/mol. The number of carboxylic acid groups (broad SMARTS) is 1. The number of hydrogen-bond acceptors (Lipinski definition) is 3. The second-order valence-corrected chi connectivity index (χ2v) is 2.83. The summed E-state index contributed by atoms with van der Waals surface area (Å²) in [6.45, 7) is 0.518. The van der Waals surface area contributed by atoms with Crippen LogP contribution in [0.2, 0.25) is 0 Å². The van der Waals surface area contributed by atoms with Crippen LogP contribution in [0.3, 0.4) is 0 Å². The highest BCUT2D eigenvalue weighted by Crippen LogP contribution is 2.00. The van der Waals surface area contributed by atoms with Gasteiger partial charge in [0.2, 0.25) is 0 Å². The molecule has 14 heavy (non-hydrogen) atoms. The van der Waals surface area contributed by atoms with Gasteiger partial charge in [0.05, 0.1) is 12.7 Å². The van der Waals surface area contributed by atoms with Gasteiger partial charge in [-0.15, -0.1) is 5.10 Å². The maximum Gasteiger partial charge on any atom is 0.358 e. The molecule has 2 rings (SSSR count). The van der Waals surface area contributed by atoms with Crippen molar-refractivity contribution in [1.82, 2.24) is 20.0 Å². The van der Waals surface area contributed by atoms with Crippen LogP contribution in [0.5, 0.6) is 0 Å². The molecule has 0 aliphatic heterocycles. The summed E-state index contributed by atoms with van der Waals surface area (Å²) in [6, 6.07) is 1.89. The van der Waals surface area contributed by atoms with E-state index in [2.05, 4.69) is 15.3 Å². The van der Waals surface area contributed by atoms with E-state index >= 15 is 0 Å². The minimum atomic E-state index is -1.06. The lowest BCUT2D eigenvalue weighted by Crippen LogP contribution is -1.99. The Kier molecular flexibility index (Phi) is 2.02. The number of carbonyl (C=O) groups is 1. The molecule has 0 radical (unpaired) electrons. The van der Waals surface area contributed by atoms with Gasteiger partial charge in [-0.25, -0.2) is 9.48 Å². The molecule has 0 aliphatic carbocycles. The number of aromatic amines is 1. The van der Waals surface area contributed by atoms with Crippen molar-refractivity contribution in [3.05, 3.63) is 35.9 Å². The number of hydrogen-bond donors (Lipinski definition) is 2. The van der Waals surface area contributed by atoms with E-state index < -0.39 is 5.97 Å². The van der Waals surface area contributed by atoms with Crippen LogP contribution < -0.4 is 0 Å². The standard InChI is InChI=1S/C8H8N4O2/c13-8(14)7-5-12(11-10-7)4-6-1-2-9-3-6/h1-3,5,9H,4H2,(H,13,14). The van der Waals surface area contributed by atoms with Crippen LogP contribution in [-0.2, 0) is 6.54 Å². The number of carboxylic acids is 1. The van der Waals surface area contributed by atoms with E-state index in [0.717, 1.165) is 5.56 Å². The van der Waals surface area contributed by atoms with Crippen molar-refractivity contribution in [3.8, 4) is 0 Å². The number of H-pyrrole nitrogens is 1. The second-order valence-electron chi connectivity index (χ2n) is 2.83. The summed E-state index contributed by atoms with van der Waals surface area (Å²) in [5.74, 6) is -1.06. The average Bonchev–Trinajstić information content (AvgIpc) is 2.75. The van der Waals surface area contributed by atoms with Crippen molar-refractivity contribution >= 4 is 5.97 Å². The zero-order valence-corrected chi connectivity index (χ0v) is 7.21. The highest BCUT2D eigenvalue weighted by Gasteiger charge is 2.07. The molecule has 6 heteroatoms. The fraction of sp³-hybridized carbons (Fsp3) is 0.125.